The first-order valence-corrected chi connectivity index (χ1v) is 6.41. The van der Waals surface area contributed by atoms with Gasteiger partial charge in [-0.3, -0.25) is 9.69 Å². The van der Waals surface area contributed by atoms with Crippen LogP contribution in [0.25, 0.3) is 0 Å². The average Bonchev–Trinajstić information content (AvgIpc) is 2.84. The maximum atomic E-state index is 12.1. The molecule has 1 aromatic heterocycles. The molecule has 0 bridgehead atoms. The summed E-state index contributed by atoms with van der Waals surface area (Å²) in [5.74, 6) is 1.20. The van der Waals surface area contributed by atoms with Crippen molar-refractivity contribution in [1.29, 1.82) is 0 Å². The molecule has 0 spiro atoms. The van der Waals surface area contributed by atoms with Gasteiger partial charge in [0.25, 0.3) is 5.91 Å². The van der Waals surface area contributed by atoms with Crippen LogP contribution in [0.1, 0.15) is 23.2 Å². The Hall–Kier alpha value is -1.33. The van der Waals surface area contributed by atoms with Crippen molar-refractivity contribution in [3.8, 4) is 0 Å². The lowest BCUT2D eigenvalue weighted by Gasteiger charge is -2.37. The monoisotopic (exact) mass is 251 g/mol. The molecule has 18 heavy (non-hydrogen) atoms. The molecule has 5 heteroatoms. The van der Waals surface area contributed by atoms with Crippen LogP contribution in [0, 0.1) is 6.92 Å². The van der Waals surface area contributed by atoms with Crippen molar-refractivity contribution in [3.63, 3.8) is 0 Å². The molecule has 0 saturated carbocycles. The number of amides is 1. The molecule has 1 amide bonds. The quantitative estimate of drug-likeness (QED) is 0.858. The number of nitrogens with zero attached hydrogens (tertiary/aromatic N) is 2. The Labute approximate surface area is 108 Å². The lowest BCUT2D eigenvalue weighted by molar-refractivity contribution is 0.0558. The molecule has 1 aliphatic rings. The summed E-state index contributed by atoms with van der Waals surface area (Å²) in [7, 11) is 0. The van der Waals surface area contributed by atoms with E-state index >= 15 is 0 Å². The Kier molecular flexibility index (Phi) is 4.04. The highest BCUT2D eigenvalue weighted by Crippen LogP contribution is 2.12. The molecule has 1 aromatic rings. The minimum absolute atomic E-state index is 0.0110. The second-order valence-corrected chi connectivity index (χ2v) is 4.82. The normalized spacial score (nSPS) is 18.9. The first kappa shape index (κ1) is 13.1. The second kappa shape index (κ2) is 5.54. The zero-order chi connectivity index (χ0) is 13.1. The number of aryl methyl sites for hydroxylation is 1. The summed E-state index contributed by atoms with van der Waals surface area (Å²) in [6.07, 6.45) is 0. The molecule has 1 fully saturated rings. The summed E-state index contributed by atoms with van der Waals surface area (Å²) in [4.78, 5) is 16.3. The summed E-state index contributed by atoms with van der Waals surface area (Å²) in [6.45, 7) is 7.86. The topological polar surface area (TPSA) is 62.7 Å². The van der Waals surface area contributed by atoms with Gasteiger partial charge >= 0.3 is 0 Å². The van der Waals surface area contributed by atoms with E-state index in [-0.39, 0.29) is 5.91 Å². The van der Waals surface area contributed by atoms with Gasteiger partial charge in [-0.25, -0.2) is 0 Å². The molecule has 2 rings (SSSR count). The number of hydrogen-bond donors (Lipinski definition) is 1. The standard InChI is InChI=1S/C13H21N3O2/c1-10(9-14)15-5-7-16(8-6-15)13(17)12-4-3-11(2)18-12/h3-4,10H,5-9,14H2,1-2H3. The van der Waals surface area contributed by atoms with Gasteiger partial charge in [-0.1, -0.05) is 0 Å². The van der Waals surface area contributed by atoms with Crippen molar-refractivity contribution >= 4 is 5.91 Å². The first-order valence-electron chi connectivity index (χ1n) is 6.41. The smallest absolute Gasteiger partial charge is 0.289 e. The number of rotatable bonds is 3. The van der Waals surface area contributed by atoms with Gasteiger partial charge in [0, 0.05) is 38.8 Å². The van der Waals surface area contributed by atoms with Gasteiger partial charge in [0.15, 0.2) is 5.76 Å². The molecule has 2 heterocycles. The van der Waals surface area contributed by atoms with Crippen molar-refractivity contribution in [2.45, 2.75) is 19.9 Å². The number of piperazine rings is 1. The second-order valence-electron chi connectivity index (χ2n) is 4.82. The maximum Gasteiger partial charge on any atom is 0.289 e. The van der Waals surface area contributed by atoms with Crippen molar-refractivity contribution in [1.82, 2.24) is 9.80 Å². The van der Waals surface area contributed by atoms with E-state index in [4.69, 9.17) is 10.2 Å². The van der Waals surface area contributed by atoms with Gasteiger partial charge in [-0.05, 0) is 26.0 Å². The van der Waals surface area contributed by atoms with Crippen molar-refractivity contribution in [3.05, 3.63) is 23.7 Å². The van der Waals surface area contributed by atoms with Crippen LogP contribution in [0.5, 0.6) is 0 Å². The third-order valence-electron chi connectivity index (χ3n) is 3.52. The third kappa shape index (κ3) is 2.73. The van der Waals surface area contributed by atoms with Gasteiger partial charge in [-0.2, -0.15) is 0 Å². The van der Waals surface area contributed by atoms with Crippen LogP contribution in [-0.4, -0.2) is 54.5 Å². The van der Waals surface area contributed by atoms with E-state index in [1.807, 2.05) is 17.9 Å². The number of furan rings is 1. The highest BCUT2D eigenvalue weighted by molar-refractivity contribution is 5.91. The van der Waals surface area contributed by atoms with Crippen LogP contribution in [0.15, 0.2) is 16.5 Å². The molecule has 1 atom stereocenters. The van der Waals surface area contributed by atoms with Gasteiger partial charge in [0.05, 0.1) is 0 Å². The van der Waals surface area contributed by atoms with E-state index in [9.17, 15) is 4.79 Å². The zero-order valence-corrected chi connectivity index (χ0v) is 11.1. The highest BCUT2D eigenvalue weighted by Gasteiger charge is 2.25. The van der Waals surface area contributed by atoms with Crippen molar-refractivity contribution < 1.29 is 9.21 Å². The van der Waals surface area contributed by atoms with Crippen LogP contribution in [0.3, 0.4) is 0 Å². The SMILES string of the molecule is Cc1ccc(C(=O)N2CCN(C(C)CN)CC2)o1. The molecule has 0 radical (unpaired) electrons. The lowest BCUT2D eigenvalue weighted by atomic mass is 10.2. The van der Waals surface area contributed by atoms with Crippen molar-refractivity contribution in [2.75, 3.05) is 32.7 Å². The predicted molar refractivity (Wildman–Crippen MR) is 69.4 cm³/mol. The molecule has 0 aliphatic carbocycles. The average molecular weight is 251 g/mol. The van der Waals surface area contributed by atoms with Crippen LogP contribution in [-0.2, 0) is 0 Å². The molecule has 0 aromatic carbocycles. The minimum atomic E-state index is -0.0110. The number of carbonyl (C=O) groups excluding carboxylic acids is 1. The fourth-order valence-electron chi connectivity index (χ4n) is 2.22. The Morgan fingerprint density at radius 2 is 2.06 bits per heavy atom. The number of hydrogen-bond acceptors (Lipinski definition) is 4. The molecule has 5 nitrogen and oxygen atoms in total. The molecule has 2 N–H and O–H groups in total. The van der Waals surface area contributed by atoms with Gasteiger partial charge in [-0.15, -0.1) is 0 Å². The fraction of sp³-hybridized carbons (Fsp3) is 0.615. The Balaban J connectivity index is 1.92. The van der Waals surface area contributed by atoms with Crippen LogP contribution < -0.4 is 5.73 Å². The number of carbonyl (C=O) groups is 1. The van der Waals surface area contributed by atoms with Crippen LogP contribution >= 0.6 is 0 Å². The summed E-state index contributed by atoms with van der Waals surface area (Å²) < 4.78 is 5.37. The molecular weight excluding hydrogens is 230 g/mol. The van der Waals surface area contributed by atoms with E-state index in [2.05, 4.69) is 11.8 Å². The van der Waals surface area contributed by atoms with Gasteiger partial charge < -0.3 is 15.1 Å². The first-order chi connectivity index (χ1) is 8.61. The van der Waals surface area contributed by atoms with E-state index < -0.39 is 0 Å². The Morgan fingerprint density at radius 1 is 1.39 bits per heavy atom. The van der Waals surface area contributed by atoms with E-state index in [0.29, 0.717) is 18.3 Å². The van der Waals surface area contributed by atoms with Crippen molar-refractivity contribution in [2.24, 2.45) is 5.73 Å². The summed E-state index contributed by atoms with van der Waals surface area (Å²) >= 11 is 0. The van der Waals surface area contributed by atoms with Gasteiger partial charge in [0.2, 0.25) is 0 Å². The molecular formula is C13H21N3O2. The largest absolute Gasteiger partial charge is 0.456 e. The minimum Gasteiger partial charge on any atom is -0.456 e. The summed E-state index contributed by atoms with van der Waals surface area (Å²) in [6, 6.07) is 3.94. The summed E-state index contributed by atoms with van der Waals surface area (Å²) in [5.41, 5.74) is 5.65. The molecule has 100 valence electrons. The Bertz CT molecular complexity index is 408. The third-order valence-corrected chi connectivity index (χ3v) is 3.52. The van der Waals surface area contributed by atoms with Crippen LogP contribution in [0.4, 0.5) is 0 Å². The number of nitrogens with two attached hydrogens (primary N) is 1. The Morgan fingerprint density at radius 3 is 2.56 bits per heavy atom. The highest BCUT2D eigenvalue weighted by atomic mass is 16.3. The molecule has 1 unspecified atom stereocenters. The fourth-order valence-corrected chi connectivity index (χ4v) is 2.22. The lowest BCUT2D eigenvalue weighted by Crippen LogP contribution is -2.52. The zero-order valence-electron chi connectivity index (χ0n) is 11.1. The maximum absolute atomic E-state index is 12.1. The van der Waals surface area contributed by atoms with E-state index in [1.165, 1.54) is 0 Å². The predicted octanol–water partition coefficient (Wildman–Crippen LogP) is 0.693. The van der Waals surface area contributed by atoms with Gasteiger partial charge in [0.1, 0.15) is 5.76 Å². The molecule has 1 saturated heterocycles. The molecule has 1 aliphatic heterocycles. The van der Waals surface area contributed by atoms with Crippen LogP contribution in [0.2, 0.25) is 0 Å². The van der Waals surface area contributed by atoms with E-state index in [0.717, 1.165) is 31.9 Å². The van der Waals surface area contributed by atoms with E-state index in [1.54, 1.807) is 6.07 Å². The summed E-state index contributed by atoms with van der Waals surface area (Å²) in [5, 5.41) is 0.